The Balaban J connectivity index is 0. The Morgan fingerprint density at radius 1 is 0.680 bits per heavy atom. The number of carbonyl (C=O) groups excluding carboxylic acids is 2. The molecule has 1 unspecified atom stereocenters. The molecule has 0 amide bonds. The second-order valence-corrected chi connectivity index (χ2v) is 7.05. The normalized spacial score (nSPS) is 12.0. The van der Waals surface area contributed by atoms with Gasteiger partial charge in [-0.15, -0.1) is 0 Å². The zero-order valence-corrected chi connectivity index (χ0v) is 17.8. The van der Waals surface area contributed by atoms with Crippen LogP contribution in [0.2, 0.25) is 0 Å². The molecule has 0 aromatic heterocycles. The Kier molecular flexibility index (Phi) is 19.9. The number of rotatable bonds is 17. The van der Waals surface area contributed by atoms with Crippen molar-refractivity contribution < 1.29 is 19.8 Å². The van der Waals surface area contributed by atoms with E-state index in [9.17, 15) is 19.8 Å². The number of hydrogen-bond donors (Lipinski definition) is 0. The summed E-state index contributed by atoms with van der Waals surface area (Å²) in [6.07, 6.45) is 15.5. The van der Waals surface area contributed by atoms with Gasteiger partial charge in [0, 0.05) is 5.92 Å². The smallest absolute Gasteiger partial charge is 0.549 e. The summed E-state index contributed by atoms with van der Waals surface area (Å²) in [6.45, 7) is 4.27. The molecule has 0 aromatic carbocycles. The molecule has 0 bridgehead atoms. The van der Waals surface area contributed by atoms with Crippen molar-refractivity contribution in [2.24, 2.45) is 11.8 Å². The second-order valence-electron chi connectivity index (χ2n) is 7.05. The van der Waals surface area contributed by atoms with Gasteiger partial charge < -0.3 is 19.8 Å². The van der Waals surface area contributed by atoms with Gasteiger partial charge in [0.2, 0.25) is 0 Å². The van der Waals surface area contributed by atoms with Crippen LogP contribution in [-0.2, 0) is 9.59 Å². The van der Waals surface area contributed by atoms with E-state index in [-0.39, 0.29) is 35.4 Å². The van der Waals surface area contributed by atoms with Gasteiger partial charge in [-0.2, -0.15) is 0 Å². The molecular formula is C20H36MgO4. The third-order valence-electron chi connectivity index (χ3n) is 4.80. The van der Waals surface area contributed by atoms with Crippen LogP contribution in [0.3, 0.4) is 0 Å². The predicted molar refractivity (Wildman–Crippen MR) is 98.7 cm³/mol. The SMILES string of the molecule is CCCCCCCCCCCCC(CCC)CC(C(=O)[O-])C(=O)[O-].[Mg+2]. The molecule has 0 rings (SSSR count). The summed E-state index contributed by atoms with van der Waals surface area (Å²) in [5, 5.41) is 21.8. The summed E-state index contributed by atoms with van der Waals surface area (Å²) in [5.41, 5.74) is 0. The molecule has 5 heteroatoms. The summed E-state index contributed by atoms with van der Waals surface area (Å²) in [4.78, 5) is 21.8. The third kappa shape index (κ3) is 15.7. The first kappa shape index (κ1) is 26.9. The zero-order chi connectivity index (χ0) is 18.2. The van der Waals surface area contributed by atoms with E-state index in [1.807, 2.05) is 6.92 Å². The monoisotopic (exact) mass is 364 g/mol. The van der Waals surface area contributed by atoms with Gasteiger partial charge in [-0.05, 0) is 12.3 Å². The van der Waals surface area contributed by atoms with Gasteiger partial charge in [-0.1, -0.05) is 97.3 Å². The minimum atomic E-state index is -1.51. The van der Waals surface area contributed by atoms with Crippen LogP contribution >= 0.6 is 0 Å². The maximum absolute atomic E-state index is 10.9. The maximum Gasteiger partial charge on any atom is 2.00 e. The van der Waals surface area contributed by atoms with Crippen molar-refractivity contribution in [2.45, 2.75) is 104 Å². The fourth-order valence-electron chi connectivity index (χ4n) is 3.33. The minimum Gasteiger partial charge on any atom is -0.549 e. The largest absolute Gasteiger partial charge is 2.00 e. The van der Waals surface area contributed by atoms with E-state index in [2.05, 4.69) is 6.92 Å². The molecule has 0 radical (unpaired) electrons. The third-order valence-corrected chi connectivity index (χ3v) is 4.80. The van der Waals surface area contributed by atoms with E-state index < -0.39 is 17.9 Å². The molecule has 0 aliphatic rings. The molecule has 25 heavy (non-hydrogen) atoms. The Morgan fingerprint density at radius 3 is 1.52 bits per heavy atom. The average Bonchev–Trinajstić information content (AvgIpc) is 2.53. The molecular weight excluding hydrogens is 329 g/mol. The zero-order valence-electron chi connectivity index (χ0n) is 16.4. The van der Waals surface area contributed by atoms with Gasteiger partial charge in [0.1, 0.15) is 0 Å². The Bertz CT molecular complexity index is 320. The Labute approximate surface area is 170 Å². The maximum atomic E-state index is 10.9. The van der Waals surface area contributed by atoms with Crippen LogP contribution in [0, 0.1) is 11.8 Å². The van der Waals surface area contributed by atoms with E-state index in [4.69, 9.17) is 0 Å². The first-order chi connectivity index (χ1) is 11.5. The van der Waals surface area contributed by atoms with Crippen LogP contribution < -0.4 is 10.2 Å². The van der Waals surface area contributed by atoms with Crippen molar-refractivity contribution in [2.75, 3.05) is 0 Å². The summed E-state index contributed by atoms with van der Waals surface area (Å²) in [5.74, 6) is -4.35. The molecule has 0 spiro atoms. The van der Waals surface area contributed by atoms with E-state index in [0.29, 0.717) is 0 Å². The van der Waals surface area contributed by atoms with Crippen molar-refractivity contribution >= 4 is 35.0 Å². The van der Waals surface area contributed by atoms with Crippen molar-refractivity contribution in [3.63, 3.8) is 0 Å². The van der Waals surface area contributed by atoms with Crippen LogP contribution in [0.15, 0.2) is 0 Å². The first-order valence-corrected chi connectivity index (χ1v) is 9.94. The molecule has 0 fully saturated rings. The average molecular weight is 365 g/mol. The van der Waals surface area contributed by atoms with E-state index in [0.717, 1.165) is 32.1 Å². The molecule has 0 aliphatic carbocycles. The van der Waals surface area contributed by atoms with E-state index >= 15 is 0 Å². The predicted octanol–water partition coefficient (Wildman–Crippen LogP) is 2.84. The van der Waals surface area contributed by atoms with Crippen LogP contribution in [-0.4, -0.2) is 35.0 Å². The first-order valence-electron chi connectivity index (χ1n) is 9.94. The Hall–Kier alpha value is -0.294. The van der Waals surface area contributed by atoms with Gasteiger partial charge in [0.25, 0.3) is 0 Å². The molecule has 0 saturated heterocycles. The standard InChI is InChI=1S/C20H38O4.Mg/c1-3-5-6-7-8-9-10-11-12-13-15-17(14-4-2)16-18(19(21)22)20(23)24;/h17-18H,3-16H2,1-2H3,(H,21,22)(H,23,24);/q;+2/p-2. The molecule has 142 valence electrons. The fraction of sp³-hybridized carbons (Fsp3) is 0.900. The van der Waals surface area contributed by atoms with Gasteiger partial charge in [0.15, 0.2) is 0 Å². The summed E-state index contributed by atoms with van der Waals surface area (Å²) in [7, 11) is 0. The molecule has 1 atom stereocenters. The van der Waals surface area contributed by atoms with Crippen LogP contribution in [0.1, 0.15) is 104 Å². The van der Waals surface area contributed by atoms with E-state index in [1.54, 1.807) is 0 Å². The quantitative estimate of drug-likeness (QED) is 0.226. The van der Waals surface area contributed by atoms with Crippen molar-refractivity contribution in [3.05, 3.63) is 0 Å². The van der Waals surface area contributed by atoms with Crippen molar-refractivity contribution in [1.82, 2.24) is 0 Å². The number of aliphatic carboxylic acids is 2. The Morgan fingerprint density at radius 2 is 1.12 bits per heavy atom. The molecule has 0 N–H and O–H groups in total. The van der Waals surface area contributed by atoms with Crippen LogP contribution in [0.4, 0.5) is 0 Å². The molecule has 0 saturated carbocycles. The summed E-state index contributed by atoms with van der Waals surface area (Å²) < 4.78 is 0. The molecule has 0 heterocycles. The summed E-state index contributed by atoms with van der Waals surface area (Å²) in [6, 6.07) is 0. The minimum absolute atomic E-state index is 0. The number of hydrogen-bond acceptors (Lipinski definition) is 4. The van der Waals surface area contributed by atoms with Crippen LogP contribution in [0.5, 0.6) is 0 Å². The molecule has 4 nitrogen and oxygen atoms in total. The van der Waals surface area contributed by atoms with Gasteiger partial charge in [-0.25, -0.2) is 0 Å². The van der Waals surface area contributed by atoms with Gasteiger partial charge >= 0.3 is 23.1 Å². The van der Waals surface area contributed by atoms with Crippen molar-refractivity contribution in [1.29, 1.82) is 0 Å². The number of carboxylic acid groups (broad SMARTS) is 2. The number of carbonyl (C=O) groups is 2. The van der Waals surface area contributed by atoms with Crippen LogP contribution in [0.25, 0.3) is 0 Å². The number of unbranched alkanes of at least 4 members (excludes halogenated alkanes) is 9. The fourth-order valence-corrected chi connectivity index (χ4v) is 3.33. The topological polar surface area (TPSA) is 80.3 Å². The van der Waals surface area contributed by atoms with Gasteiger partial charge in [-0.3, -0.25) is 0 Å². The second kappa shape index (κ2) is 18.5. The van der Waals surface area contributed by atoms with Gasteiger partial charge in [0.05, 0.1) is 11.9 Å². The molecule has 0 aromatic rings. The van der Waals surface area contributed by atoms with E-state index in [1.165, 1.54) is 51.4 Å². The summed E-state index contributed by atoms with van der Waals surface area (Å²) >= 11 is 0. The number of carboxylic acids is 2. The van der Waals surface area contributed by atoms with Crippen molar-refractivity contribution in [3.8, 4) is 0 Å². The molecule has 0 aliphatic heterocycles.